The largest absolute Gasteiger partial charge is 0.480 e. The Morgan fingerprint density at radius 1 is 1.35 bits per heavy atom. The molecular formula is C21H28N2O3. The molecule has 1 saturated carbocycles. The van der Waals surface area contributed by atoms with Crippen molar-refractivity contribution in [2.24, 2.45) is 11.8 Å². The summed E-state index contributed by atoms with van der Waals surface area (Å²) in [6.07, 6.45) is 4.95. The predicted octanol–water partition coefficient (Wildman–Crippen LogP) is 2.44. The third kappa shape index (κ3) is 3.02. The van der Waals surface area contributed by atoms with Gasteiger partial charge in [-0.15, -0.1) is 0 Å². The maximum Gasteiger partial charge on any atom is 0.322 e. The Hall–Kier alpha value is -1.88. The molecule has 1 aromatic carbocycles. The molecule has 1 heterocycles. The number of benzene rings is 1. The Labute approximate surface area is 154 Å². The number of piperidine rings is 1. The Kier molecular flexibility index (Phi) is 4.30. The van der Waals surface area contributed by atoms with Crippen LogP contribution in [-0.2, 0) is 16.6 Å². The van der Waals surface area contributed by atoms with Crippen LogP contribution in [0.5, 0.6) is 0 Å². The third-order valence-electron chi connectivity index (χ3n) is 6.98. The molecule has 5 nitrogen and oxygen atoms in total. The van der Waals surface area contributed by atoms with Crippen LogP contribution >= 0.6 is 0 Å². The van der Waals surface area contributed by atoms with Crippen molar-refractivity contribution >= 4 is 11.9 Å². The Morgan fingerprint density at radius 2 is 2.12 bits per heavy atom. The zero-order valence-corrected chi connectivity index (χ0v) is 15.6. The van der Waals surface area contributed by atoms with Crippen molar-refractivity contribution in [3.63, 3.8) is 0 Å². The van der Waals surface area contributed by atoms with Gasteiger partial charge in [0.15, 0.2) is 0 Å². The lowest BCUT2D eigenvalue weighted by molar-refractivity contribution is -0.135. The number of carboxylic acid groups (broad SMARTS) is 1. The minimum absolute atomic E-state index is 0.0847. The van der Waals surface area contributed by atoms with Gasteiger partial charge in [-0.05, 0) is 72.7 Å². The van der Waals surface area contributed by atoms with Crippen LogP contribution in [0.2, 0.25) is 0 Å². The van der Waals surface area contributed by atoms with Crippen LogP contribution in [0, 0.1) is 11.8 Å². The Balaban J connectivity index is 1.60. The smallest absolute Gasteiger partial charge is 0.322 e. The molecule has 1 unspecified atom stereocenters. The quantitative estimate of drug-likeness (QED) is 0.850. The highest BCUT2D eigenvalue weighted by molar-refractivity contribution is 5.96. The summed E-state index contributed by atoms with van der Waals surface area (Å²) in [5.74, 6) is 0.135. The highest BCUT2D eigenvalue weighted by Crippen LogP contribution is 2.49. The number of carbonyl (C=O) groups is 2. The summed E-state index contributed by atoms with van der Waals surface area (Å²) < 4.78 is 0. The van der Waals surface area contributed by atoms with Gasteiger partial charge in [-0.25, -0.2) is 0 Å². The zero-order chi connectivity index (χ0) is 18.5. The van der Waals surface area contributed by atoms with Gasteiger partial charge < -0.3 is 10.4 Å². The van der Waals surface area contributed by atoms with Crippen molar-refractivity contribution in [2.75, 3.05) is 19.6 Å². The van der Waals surface area contributed by atoms with Crippen LogP contribution in [0.3, 0.4) is 0 Å². The number of aliphatic carboxylic acids is 1. The number of nitrogens with zero attached hydrogens (tertiary/aromatic N) is 1. The summed E-state index contributed by atoms with van der Waals surface area (Å²) >= 11 is 0. The number of rotatable bonds is 5. The number of nitrogens with one attached hydrogen (secondary N) is 1. The van der Waals surface area contributed by atoms with E-state index in [1.165, 1.54) is 30.5 Å². The molecule has 2 fully saturated rings. The van der Waals surface area contributed by atoms with E-state index in [1.807, 2.05) is 12.1 Å². The number of hydrogen-bond donors (Lipinski definition) is 2. The first-order valence-corrected chi connectivity index (χ1v) is 9.76. The van der Waals surface area contributed by atoms with Gasteiger partial charge in [0, 0.05) is 18.2 Å². The minimum atomic E-state index is -1.03. The molecule has 2 bridgehead atoms. The van der Waals surface area contributed by atoms with Gasteiger partial charge in [0.1, 0.15) is 6.54 Å². The first kappa shape index (κ1) is 17.5. The van der Waals surface area contributed by atoms with E-state index in [1.54, 1.807) is 0 Å². The average Bonchev–Trinajstić information content (AvgIpc) is 3.42. The number of carbonyl (C=O) groups excluding carboxylic acids is 1. The summed E-state index contributed by atoms with van der Waals surface area (Å²) in [7, 11) is 0. The Bertz CT molecular complexity index is 743. The number of carboxylic acids is 1. The van der Waals surface area contributed by atoms with Gasteiger partial charge in [0.05, 0.1) is 0 Å². The minimum Gasteiger partial charge on any atom is -0.480 e. The number of fused-ring (bicyclic) bond motifs is 4. The number of likely N-dealkylation sites (tertiary alicyclic amines) is 1. The lowest BCUT2D eigenvalue weighted by Crippen LogP contribution is -2.58. The van der Waals surface area contributed by atoms with Crippen molar-refractivity contribution in [1.82, 2.24) is 10.2 Å². The molecule has 4 rings (SSSR count). The second-order valence-electron chi connectivity index (χ2n) is 8.61. The molecule has 3 atom stereocenters. The van der Waals surface area contributed by atoms with Crippen LogP contribution in [-0.4, -0.2) is 47.6 Å². The molecule has 0 spiro atoms. The van der Waals surface area contributed by atoms with Crippen LogP contribution < -0.4 is 5.32 Å². The topological polar surface area (TPSA) is 69.6 Å². The van der Waals surface area contributed by atoms with Crippen molar-refractivity contribution in [3.05, 3.63) is 34.9 Å². The summed E-state index contributed by atoms with van der Waals surface area (Å²) in [6, 6.07) is 6.53. The van der Waals surface area contributed by atoms with Gasteiger partial charge in [-0.1, -0.05) is 19.9 Å². The Morgan fingerprint density at radius 3 is 2.81 bits per heavy atom. The maximum absolute atomic E-state index is 12.3. The second kappa shape index (κ2) is 6.38. The van der Waals surface area contributed by atoms with E-state index < -0.39 is 5.97 Å². The van der Waals surface area contributed by atoms with Crippen LogP contribution in [0.25, 0.3) is 0 Å². The van der Waals surface area contributed by atoms with Gasteiger partial charge >= 0.3 is 5.97 Å². The van der Waals surface area contributed by atoms with E-state index in [4.69, 9.17) is 5.11 Å². The highest BCUT2D eigenvalue weighted by atomic mass is 16.4. The van der Waals surface area contributed by atoms with Gasteiger partial charge in [0.2, 0.25) is 0 Å². The van der Waals surface area contributed by atoms with Crippen molar-refractivity contribution in [2.45, 2.75) is 51.0 Å². The molecule has 0 aromatic heterocycles. The summed E-state index contributed by atoms with van der Waals surface area (Å²) in [5.41, 5.74) is 3.29. The molecule has 26 heavy (non-hydrogen) atoms. The molecular weight excluding hydrogens is 328 g/mol. The lowest BCUT2D eigenvalue weighted by Gasteiger charge is -2.55. The van der Waals surface area contributed by atoms with E-state index in [9.17, 15) is 9.59 Å². The van der Waals surface area contributed by atoms with E-state index in [-0.39, 0.29) is 17.9 Å². The van der Waals surface area contributed by atoms with E-state index in [0.717, 1.165) is 25.3 Å². The predicted molar refractivity (Wildman–Crippen MR) is 99.3 cm³/mol. The van der Waals surface area contributed by atoms with Gasteiger partial charge in [-0.3, -0.25) is 14.5 Å². The van der Waals surface area contributed by atoms with E-state index in [2.05, 4.69) is 30.1 Å². The zero-order valence-electron chi connectivity index (χ0n) is 15.6. The van der Waals surface area contributed by atoms with Crippen LogP contribution in [0.15, 0.2) is 18.2 Å². The fraction of sp³-hybridized carbons (Fsp3) is 0.619. The highest BCUT2D eigenvalue weighted by Gasteiger charge is 2.49. The normalized spacial score (nSPS) is 30.5. The van der Waals surface area contributed by atoms with Crippen LogP contribution in [0.1, 0.15) is 54.6 Å². The first-order valence-electron chi connectivity index (χ1n) is 9.76. The van der Waals surface area contributed by atoms with Crippen molar-refractivity contribution < 1.29 is 14.7 Å². The standard InChI is InChI=1S/C21H28N2O3/c1-13-18-10-15-5-6-16(20(26)22-11-19(24)25)9-17(15)21(13,2)7-8-23(18)12-14-3-4-14/h5-6,9,13-14,18H,3-4,7-8,10-12H2,1-2H3,(H,22,26)(H,24,25)/t13-,18?,21-/m0/s1. The summed E-state index contributed by atoms with van der Waals surface area (Å²) in [4.78, 5) is 25.7. The molecule has 3 aliphatic rings. The monoisotopic (exact) mass is 356 g/mol. The number of hydrogen-bond acceptors (Lipinski definition) is 3. The first-order chi connectivity index (χ1) is 12.4. The molecule has 1 aliphatic heterocycles. The number of amides is 1. The summed E-state index contributed by atoms with van der Waals surface area (Å²) in [5, 5.41) is 11.2. The molecule has 2 aliphatic carbocycles. The molecule has 1 amide bonds. The SMILES string of the molecule is C[C@H]1C2Cc3ccc(C(=O)NCC(=O)O)cc3[C@@]1(C)CCN2CC1CC1. The maximum atomic E-state index is 12.3. The van der Waals surface area contributed by atoms with Crippen LogP contribution in [0.4, 0.5) is 0 Å². The lowest BCUT2D eigenvalue weighted by atomic mass is 9.59. The molecule has 1 saturated heterocycles. The third-order valence-corrected chi connectivity index (χ3v) is 6.98. The molecule has 5 heteroatoms. The fourth-order valence-corrected chi connectivity index (χ4v) is 4.97. The van der Waals surface area contributed by atoms with Crippen molar-refractivity contribution in [1.29, 1.82) is 0 Å². The fourth-order valence-electron chi connectivity index (χ4n) is 4.97. The molecule has 2 N–H and O–H groups in total. The second-order valence-corrected chi connectivity index (χ2v) is 8.61. The van der Waals surface area contributed by atoms with Gasteiger partial charge in [-0.2, -0.15) is 0 Å². The van der Waals surface area contributed by atoms with Gasteiger partial charge in [0.25, 0.3) is 5.91 Å². The molecule has 1 aromatic rings. The molecule has 140 valence electrons. The summed E-state index contributed by atoms with van der Waals surface area (Å²) in [6.45, 7) is 6.74. The van der Waals surface area contributed by atoms with E-state index >= 15 is 0 Å². The molecule has 0 radical (unpaired) electrons. The average molecular weight is 356 g/mol. The van der Waals surface area contributed by atoms with Crippen molar-refractivity contribution in [3.8, 4) is 0 Å². The van der Waals surface area contributed by atoms with E-state index in [0.29, 0.717) is 17.5 Å².